The number of carboxylic acid groups (broad SMARTS) is 1. The molecule has 1 saturated heterocycles. The number of carboxylic acids is 1. The standard InChI is InChI=1S/C21H37N5O6S/c1-12(2)11-13(22)18(28)24-14(8-10-33-3)19(29)25-15(6-7-17(23)27)20(30)26-9-4-5-16(26)21(31)32/h12-16H,4-11,22H2,1-3H3,(H2,23,27)(H,24,28)(H,25,29)(H,31,32). The predicted molar refractivity (Wildman–Crippen MR) is 125 cm³/mol. The predicted octanol–water partition coefficient (Wildman–Crippen LogP) is -0.576. The van der Waals surface area contributed by atoms with Crippen molar-refractivity contribution in [3.63, 3.8) is 0 Å². The molecule has 0 aliphatic carbocycles. The van der Waals surface area contributed by atoms with Crippen LogP contribution in [0.15, 0.2) is 0 Å². The SMILES string of the molecule is CSCCC(NC(=O)C(N)CC(C)C)C(=O)NC(CCC(N)=O)C(=O)N1CCCC1C(=O)O. The van der Waals surface area contributed by atoms with Crippen molar-refractivity contribution in [3.05, 3.63) is 0 Å². The van der Waals surface area contributed by atoms with Gasteiger partial charge in [0, 0.05) is 13.0 Å². The van der Waals surface area contributed by atoms with E-state index in [1.165, 1.54) is 16.7 Å². The highest BCUT2D eigenvalue weighted by Crippen LogP contribution is 2.20. The molecule has 188 valence electrons. The van der Waals surface area contributed by atoms with Gasteiger partial charge in [-0.1, -0.05) is 13.8 Å². The maximum atomic E-state index is 13.1. The quantitative estimate of drug-likeness (QED) is 0.215. The zero-order valence-electron chi connectivity index (χ0n) is 19.5. The zero-order valence-corrected chi connectivity index (χ0v) is 20.4. The van der Waals surface area contributed by atoms with Crippen LogP contribution in [0.1, 0.15) is 52.4 Å². The number of nitrogens with one attached hydrogen (secondary N) is 2. The molecule has 7 N–H and O–H groups in total. The van der Waals surface area contributed by atoms with E-state index in [-0.39, 0.29) is 25.3 Å². The number of rotatable bonds is 14. The van der Waals surface area contributed by atoms with Gasteiger partial charge in [-0.3, -0.25) is 19.2 Å². The Morgan fingerprint density at radius 1 is 1.09 bits per heavy atom. The molecule has 0 radical (unpaired) electrons. The first-order chi connectivity index (χ1) is 15.5. The number of hydrogen-bond acceptors (Lipinski definition) is 7. The number of primary amides is 1. The second-order valence-corrected chi connectivity index (χ2v) is 9.66. The number of likely N-dealkylation sites (tertiary alicyclic amines) is 1. The van der Waals surface area contributed by atoms with E-state index in [0.29, 0.717) is 31.4 Å². The van der Waals surface area contributed by atoms with E-state index in [2.05, 4.69) is 10.6 Å². The van der Waals surface area contributed by atoms with Crippen LogP contribution in [0.5, 0.6) is 0 Å². The minimum absolute atomic E-state index is 0.0706. The Morgan fingerprint density at radius 2 is 1.73 bits per heavy atom. The van der Waals surface area contributed by atoms with Gasteiger partial charge < -0.3 is 32.1 Å². The van der Waals surface area contributed by atoms with Crippen molar-refractivity contribution in [2.75, 3.05) is 18.6 Å². The summed E-state index contributed by atoms with van der Waals surface area (Å²) < 4.78 is 0. The molecule has 0 spiro atoms. The molecule has 1 aliphatic heterocycles. The van der Waals surface area contributed by atoms with E-state index >= 15 is 0 Å². The fraction of sp³-hybridized carbons (Fsp3) is 0.762. The molecule has 0 aromatic rings. The van der Waals surface area contributed by atoms with Crippen molar-refractivity contribution in [2.45, 2.75) is 76.5 Å². The number of amides is 4. The highest BCUT2D eigenvalue weighted by atomic mass is 32.2. The van der Waals surface area contributed by atoms with Crippen molar-refractivity contribution in [1.29, 1.82) is 0 Å². The van der Waals surface area contributed by atoms with Gasteiger partial charge in [-0.15, -0.1) is 0 Å². The molecule has 1 heterocycles. The number of hydrogen-bond donors (Lipinski definition) is 5. The van der Waals surface area contributed by atoms with Gasteiger partial charge in [0.1, 0.15) is 18.1 Å². The first-order valence-corrected chi connectivity index (χ1v) is 12.5. The summed E-state index contributed by atoms with van der Waals surface area (Å²) in [5, 5.41) is 14.7. The monoisotopic (exact) mass is 487 g/mol. The summed E-state index contributed by atoms with van der Waals surface area (Å²) in [7, 11) is 0. The topological polar surface area (TPSA) is 185 Å². The van der Waals surface area contributed by atoms with Crippen LogP contribution in [0.25, 0.3) is 0 Å². The fourth-order valence-electron chi connectivity index (χ4n) is 3.70. The third-order valence-corrected chi connectivity index (χ3v) is 6.06. The average Bonchev–Trinajstić information content (AvgIpc) is 3.22. The molecular weight excluding hydrogens is 450 g/mol. The number of thioether (sulfide) groups is 1. The second kappa shape index (κ2) is 14.0. The summed E-state index contributed by atoms with van der Waals surface area (Å²) >= 11 is 1.49. The van der Waals surface area contributed by atoms with Crippen LogP contribution >= 0.6 is 11.8 Å². The molecule has 0 aromatic carbocycles. The molecule has 12 heteroatoms. The van der Waals surface area contributed by atoms with Crippen LogP contribution in [0, 0.1) is 5.92 Å². The van der Waals surface area contributed by atoms with Crippen LogP contribution in [-0.4, -0.2) is 82.3 Å². The Hall–Kier alpha value is -2.34. The van der Waals surface area contributed by atoms with Crippen LogP contribution in [0.4, 0.5) is 0 Å². The Morgan fingerprint density at radius 3 is 2.27 bits per heavy atom. The van der Waals surface area contributed by atoms with Crippen molar-refractivity contribution >= 4 is 41.4 Å². The zero-order chi connectivity index (χ0) is 25.1. The normalized spacial score (nSPS) is 18.5. The van der Waals surface area contributed by atoms with Crippen LogP contribution < -0.4 is 22.1 Å². The lowest BCUT2D eigenvalue weighted by molar-refractivity contribution is -0.149. The third-order valence-electron chi connectivity index (χ3n) is 5.42. The molecule has 0 aromatic heterocycles. The second-order valence-electron chi connectivity index (χ2n) is 8.67. The summed E-state index contributed by atoms with van der Waals surface area (Å²) in [5.74, 6) is -2.64. The van der Waals surface area contributed by atoms with E-state index in [4.69, 9.17) is 11.5 Å². The summed E-state index contributed by atoms with van der Waals surface area (Å²) in [6.07, 6.45) is 3.23. The van der Waals surface area contributed by atoms with Crippen LogP contribution in [0.2, 0.25) is 0 Å². The van der Waals surface area contributed by atoms with Crippen molar-refractivity contribution in [3.8, 4) is 0 Å². The fourth-order valence-corrected chi connectivity index (χ4v) is 4.17. The molecule has 1 rings (SSSR count). The van der Waals surface area contributed by atoms with Gasteiger partial charge in [0.25, 0.3) is 0 Å². The van der Waals surface area contributed by atoms with E-state index in [1.807, 2.05) is 20.1 Å². The summed E-state index contributed by atoms with van der Waals surface area (Å²) in [5.41, 5.74) is 11.2. The van der Waals surface area contributed by atoms with Gasteiger partial charge in [0.15, 0.2) is 0 Å². The Labute approximate surface area is 198 Å². The number of carbonyl (C=O) groups is 5. The van der Waals surface area contributed by atoms with E-state index < -0.39 is 53.8 Å². The van der Waals surface area contributed by atoms with Gasteiger partial charge in [-0.2, -0.15) is 11.8 Å². The maximum Gasteiger partial charge on any atom is 0.326 e. The molecule has 1 aliphatic rings. The van der Waals surface area contributed by atoms with Gasteiger partial charge in [-0.25, -0.2) is 4.79 Å². The Balaban J connectivity index is 2.99. The summed E-state index contributed by atoms with van der Waals surface area (Å²) in [6, 6.07) is -3.82. The van der Waals surface area contributed by atoms with Crippen LogP contribution in [-0.2, 0) is 24.0 Å². The van der Waals surface area contributed by atoms with E-state index in [1.54, 1.807) is 0 Å². The molecule has 0 bridgehead atoms. The van der Waals surface area contributed by atoms with Gasteiger partial charge >= 0.3 is 5.97 Å². The van der Waals surface area contributed by atoms with Crippen molar-refractivity contribution in [1.82, 2.24) is 15.5 Å². The summed E-state index contributed by atoms with van der Waals surface area (Å²) in [4.78, 5) is 62.6. The average molecular weight is 488 g/mol. The highest BCUT2D eigenvalue weighted by Gasteiger charge is 2.38. The molecule has 4 atom stereocenters. The minimum atomic E-state index is -1.14. The largest absolute Gasteiger partial charge is 0.480 e. The molecule has 4 amide bonds. The lowest BCUT2D eigenvalue weighted by Gasteiger charge is -2.29. The smallest absolute Gasteiger partial charge is 0.326 e. The van der Waals surface area contributed by atoms with Crippen molar-refractivity contribution < 1.29 is 29.1 Å². The molecule has 0 saturated carbocycles. The van der Waals surface area contributed by atoms with Gasteiger partial charge in [0.2, 0.25) is 23.6 Å². The Bertz CT molecular complexity index is 719. The number of carbonyl (C=O) groups excluding carboxylic acids is 4. The first kappa shape index (κ1) is 28.7. The van der Waals surface area contributed by atoms with E-state index in [9.17, 15) is 29.1 Å². The third kappa shape index (κ3) is 9.58. The summed E-state index contributed by atoms with van der Waals surface area (Å²) in [6.45, 7) is 4.11. The number of nitrogens with two attached hydrogens (primary N) is 2. The Kier molecular flexibility index (Phi) is 12.2. The maximum absolute atomic E-state index is 13.1. The van der Waals surface area contributed by atoms with Gasteiger partial charge in [0.05, 0.1) is 6.04 Å². The molecule has 11 nitrogen and oxygen atoms in total. The lowest BCUT2D eigenvalue weighted by atomic mass is 10.0. The van der Waals surface area contributed by atoms with Crippen molar-refractivity contribution in [2.24, 2.45) is 17.4 Å². The molecule has 4 unspecified atom stereocenters. The van der Waals surface area contributed by atoms with Crippen LogP contribution in [0.3, 0.4) is 0 Å². The highest BCUT2D eigenvalue weighted by molar-refractivity contribution is 7.98. The molecular formula is C21H37N5O6S. The van der Waals surface area contributed by atoms with E-state index in [0.717, 1.165) is 0 Å². The minimum Gasteiger partial charge on any atom is -0.480 e. The number of aliphatic carboxylic acids is 1. The molecule has 33 heavy (non-hydrogen) atoms. The van der Waals surface area contributed by atoms with Gasteiger partial charge in [-0.05, 0) is 50.0 Å². The first-order valence-electron chi connectivity index (χ1n) is 11.1. The number of nitrogens with zero attached hydrogens (tertiary/aromatic N) is 1. The molecule has 1 fully saturated rings. The lowest BCUT2D eigenvalue weighted by Crippen LogP contribution is -2.57.